The van der Waals surface area contributed by atoms with Crippen LogP contribution in [0.3, 0.4) is 0 Å². The van der Waals surface area contributed by atoms with E-state index in [0.717, 1.165) is 0 Å². The van der Waals surface area contributed by atoms with Gasteiger partial charge in [-0.05, 0) is 13.8 Å². The van der Waals surface area contributed by atoms with Crippen molar-refractivity contribution >= 4 is 17.7 Å². The number of nitrogens with zero attached hydrogens (tertiary/aromatic N) is 2. The highest BCUT2D eigenvalue weighted by Crippen LogP contribution is 2.31. The van der Waals surface area contributed by atoms with Gasteiger partial charge in [0.2, 0.25) is 6.29 Å². The van der Waals surface area contributed by atoms with E-state index in [1.165, 1.54) is 5.01 Å². The summed E-state index contributed by atoms with van der Waals surface area (Å²) in [6, 6.07) is 0. The van der Waals surface area contributed by atoms with Crippen LogP contribution in [0.1, 0.15) is 20.3 Å². The van der Waals surface area contributed by atoms with E-state index in [-0.39, 0.29) is 18.7 Å². The number of hydrazone groups is 1. The number of cyclic esters (lactones) is 1. The molecule has 1 atom stereocenters. The average Bonchev–Trinajstić information content (AvgIpc) is 2.67. The third-order valence-electron chi connectivity index (χ3n) is 2.79. The molecule has 7 heteroatoms. The Morgan fingerprint density at radius 1 is 1.47 bits per heavy atom. The number of hydrogen-bond acceptors (Lipinski definition) is 7. The highest BCUT2D eigenvalue weighted by molar-refractivity contribution is 6.38. The van der Waals surface area contributed by atoms with E-state index in [1.54, 1.807) is 14.0 Å². The first-order valence-electron chi connectivity index (χ1n) is 6.12. The van der Waals surface area contributed by atoms with Crippen molar-refractivity contribution in [1.29, 1.82) is 0 Å². The first-order valence-corrected chi connectivity index (χ1v) is 6.12. The Morgan fingerprint density at radius 3 is 2.84 bits per heavy atom. The number of carbonyl (C=O) groups is 2. The smallest absolute Gasteiger partial charge is 0.354 e. The van der Waals surface area contributed by atoms with E-state index < -0.39 is 18.2 Å². The normalized spacial score (nSPS) is 22.1. The largest absolute Gasteiger partial charge is 0.461 e. The van der Waals surface area contributed by atoms with Crippen LogP contribution in [0, 0.1) is 0 Å². The zero-order chi connectivity index (χ0) is 14.0. The molecule has 0 aromatic rings. The molecule has 2 aliphatic heterocycles. The number of hydrogen-bond donors (Lipinski definition) is 0. The predicted molar refractivity (Wildman–Crippen MR) is 65.0 cm³/mol. The third kappa shape index (κ3) is 2.46. The molecule has 7 nitrogen and oxygen atoms in total. The van der Waals surface area contributed by atoms with Crippen LogP contribution >= 0.6 is 0 Å². The zero-order valence-electron chi connectivity index (χ0n) is 11.1. The summed E-state index contributed by atoms with van der Waals surface area (Å²) in [7, 11) is 1.64. The Hall–Kier alpha value is -1.89. The molecule has 0 aromatic carbocycles. The van der Waals surface area contributed by atoms with Gasteiger partial charge >= 0.3 is 11.9 Å². The summed E-state index contributed by atoms with van der Waals surface area (Å²) >= 11 is 0. The molecule has 0 saturated carbocycles. The lowest BCUT2D eigenvalue weighted by Gasteiger charge is -2.24. The summed E-state index contributed by atoms with van der Waals surface area (Å²) in [5, 5.41) is 5.56. The molecular formula is C12H16N2O5. The SMILES string of the molecule is CCOC(=O)C1=NN(C)C2=C(C1)C(=O)OC2OCC. The molecule has 0 radical (unpaired) electrons. The molecule has 19 heavy (non-hydrogen) atoms. The number of likely N-dealkylation sites (N-methyl/N-ethyl adjacent to an activating group) is 1. The van der Waals surface area contributed by atoms with Gasteiger partial charge in [0.25, 0.3) is 0 Å². The Kier molecular flexibility index (Phi) is 3.84. The first-order chi connectivity index (χ1) is 9.08. The molecule has 0 aliphatic carbocycles. The van der Waals surface area contributed by atoms with Crippen LogP contribution < -0.4 is 0 Å². The van der Waals surface area contributed by atoms with Crippen molar-refractivity contribution in [2.45, 2.75) is 26.6 Å². The van der Waals surface area contributed by atoms with Crippen LogP contribution in [-0.4, -0.2) is 49.2 Å². The molecular weight excluding hydrogens is 252 g/mol. The van der Waals surface area contributed by atoms with Crippen molar-refractivity contribution < 1.29 is 23.8 Å². The molecule has 2 heterocycles. The van der Waals surface area contributed by atoms with Gasteiger partial charge in [-0.3, -0.25) is 5.01 Å². The fourth-order valence-electron chi connectivity index (χ4n) is 2.01. The Morgan fingerprint density at radius 2 is 2.21 bits per heavy atom. The maximum absolute atomic E-state index is 11.8. The molecule has 0 spiro atoms. The predicted octanol–water partition coefficient (Wildman–Crippen LogP) is 0.414. The van der Waals surface area contributed by atoms with E-state index in [4.69, 9.17) is 14.2 Å². The summed E-state index contributed by atoms with van der Waals surface area (Å²) < 4.78 is 15.3. The highest BCUT2D eigenvalue weighted by atomic mass is 16.7. The minimum Gasteiger partial charge on any atom is -0.461 e. The van der Waals surface area contributed by atoms with Crippen LogP contribution in [-0.2, 0) is 23.8 Å². The standard InChI is InChI=1S/C12H16N2O5/c1-4-17-11(16)8-6-7-9(14(3)13-8)12(18-5-2)19-10(7)15/h12H,4-6H2,1-3H3. The Balaban J connectivity index is 2.21. The molecule has 1 unspecified atom stereocenters. The Bertz CT molecular complexity index is 469. The fraction of sp³-hybridized carbons (Fsp3) is 0.583. The third-order valence-corrected chi connectivity index (χ3v) is 2.79. The van der Waals surface area contributed by atoms with Crippen LogP contribution in [0.15, 0.2) is 16.4 Å². The zero-order valence-corrected chi connectivity index (χ0v) is 11.1. The van der Waals surface area contributed by atoms with Gasteiger partial charge in [0.1, 0.15) is 5.70 Å². The van der Waals surface area contributed by atoms with Gasteiger partial charge in [-0.15, -0.1) is 0 Å². The summed E-state index contributed by atoms with van der Waals surface area (Å²) in [6.07, 6.45) is -0.633. The minimum absolute atomic E-state index is 0.112. The van der Waals surface area contributed by atoms with Gasteiger partial charge in [-0.2, -0.15) is 5.10 Å². The van der Waals surface area contributed by atoms with Crippen molar-refractivity contribution in [2.75, 3.05) is 20.3 Å². The molecule has 2 rings (SSSR count). The second kappa shape index (κ2) is 5.40. The Labute approximate surface area is 110 Å². The van der Waals surface area contributed by atoms with Crippen molar-refractivity contribution in [3.63, 3.8) is 0 Å². The lowest BCUT2D eigenvalue weighted by atomic mass is 10.1. The molecule has 0 bridgehead atoms. The number of carbonyl (C=O) groups excluding carboxylic acids is 2. The van der Waals surface area contributed by atoms with Crippen molar-refractivity contribution in [3.05, 3.63) is 11.3 Å². The first kappa shape index (κ1) is 13.5. The van der Waals surface area contributed by atoms with Gasteiger partial charge in [0.15, 0.2) is 5.71 Å². The van der Waals surface area contributed by atoms with E-state index in [0.29, 0.717) is 17.9 Å². The minimum atomic E-state index is -0.745. The van der Waals surface area contributed by atoms with Gasteiger partial charge in [-0.1, -0.05) is 0 Å². The lowest BCUT2D eigenvalue weighted by Crippen LogP contribution is -2.31. The molecule has 0 aromatic heterocycles. The van der Waals surface area contributed by atoms with Gasteiger partial charge in [-0.25, -0.2) is 9.59 Å². The van der Waals surface area contributed by atoms with Crippen LogP contribution in [0.25, 0.3) is 0 Å². The van der Waals surface area contributed by atoms with Crippen LogP contribution in [0.4, 0.5) is 0 Å². The highest BCUT2D eigenvalue weighted by Gasteiger charge is 2.41. The maximum Gasteiger partial charge on any atom is 0.354 e. The van der Waals surface area contributed by atoms with E-state index in [1.807, 2.05) is 6.92 Å². The van der Waals surface area contributed by atoms with E-state index >= 15 is 0 Å². The lowest BCUT2D eigenvalue weighted by molar-refractivity contribution is -0.161. The molecule has 0 amide bonds. The quantitative estimate of drug-likeness (QED) is 0.687. The second-order valence-corrected chi connectivity index (χ2v) is 4.02. The number of ether oxygens (including phenoxy) is 3. The maximum atomic E-state index is 11.8. The topological polar surface area (TPSA) is 77.4 Å². The molecule has 0 N–H and O–H groups in total. The second-order valence-electron chi connectivity index (χ2n) is 4.02. The van der Waals surface area contributed by atoms with Crippen LogP contribution in [0.2, 0.25) is 0 Å². The van der Waals surface area contributed by atoms with Gasteiger partial charge in [0.05, 0.1) is 12.2 Å². The molecule has 0 saturated heterocycles. The van der Waals surface area contributed by atoms with Crippen molar-refractivity contribution in [3.8, 4) is 0 Å². The summed E-state index contributed by atoms with van der Waals surface area (Å²) in [4.78, 5) is 23.4. The van der Waals surface area contributed by atoms with Gasteiger partial charge in [0, 0.05) is 20.1 Å². The van der Waals surface area contributed by atoms with Gasteiger partial charge < -0.3 is 14.2 Å². The summed E-state index contributed by atoms with van der Waals surface area (Å²) in [5.74, 6) is -0.995. The van der Waals surface area contributed by atoms with Crippen molar-refractivity contribution in [2.24, 2.45) is 5.10 Å². The van der Waals surface area contributed by atoms with E-state index in [9.17, 15) is 9.59 Å². The molecule has 2 aliphatic rings. The monoisotopic (exact) mass is 268 g/mol. The number of esters is 2. The van der Waals surface area contributed by atoms with Crippen molar-refractivity contribution in [1.82, 2.24) is 5.01 Å². The fourth-order valence-corrected chi connectivity index (χ4v) is 2.01. The summed E-state index contributed by atoms with van der Waals surface area (Å²) in [6.45, 7) is 4.20. The van der Waals surface area contributed by atoms with Crippen LogP contribution in [0.5, 0.6) is 0 Å². The number of rotatable bonds is 4. The summed E-state index contributed by atoms with van der Waals surface area (Å²) in [5.41, 5.74) is 1.15. The van der Waals surface area contributed by atoms with E-state index in [2.05, 4.69) is 5.10 Å². The average molecular weight is 268 g/mol. The molecule has 104 valence electrons. The molecule has 0 fully saturated rings.